The summed E-state index contributed by atoms with van der Waals surface area (Å²) < 4.78 is 5.77. The number of carbonyl (C=O) groups excluding carboxylic acids is 1. The molecule has 0 fully saturated rings. The molecule has 0 spiro atoms. The van der Waals surface area contributed by atoms with Crippen molar-refractivity contribution in [1.82, 2.24) is 10.3 Å². The summed E-state index contributed by atoms with van der Waals surface area (Å²) in [6.07, 6.45) is 5.85. The van der Waals surface area contributed by atoms with Crippen molar-refractivity contribution in [2.75, 3.05) is 13.2 Å². The Labute approximate surface area is 147 Å². The highest BCUT2D eigenvalue weighted by Gasteiger charge is 2.11. The number of nitrogens with one attached hydrogen (secondary N) is 2. The minimum atomic E-state index is 0.0160. The largest absolute Gasteiger partial charge is 0.492 e. The van der Waals surface area contributed by atoms with Gasteiger partial charge in [-0.3, -0.25) is 4.79 Å². The first-order valence-corrected chi connectivity index (χ1v) is 8.86. The number of rotatable bonds is 6. The number of benzene rings is 2. The highest BCUT2D eigenvalue weighted by Crippen LogP contribution is 2.25. The van der Waals surface area contributed by atoms with Gasteiger partial charge in [0.2, 0.25) is 5.91 Å². The van der Waals surface area contributed by atoms with Gasteiger partial charge >= 0.3 is 0 Å². The van der Waals surface area contributed by atoms with Crippen LogP contribution in [0.4, 0.5) is 0 Å². The number of fused-ring (bicyclic) bond motifs is 2. The second-order valence-electron chi connectivity index (χ2n) is 6.52. The van der Waals surface area contributed by atoms with Crippen molar-refractivity contribution in [2.45, 2.75) is 25.7 Å². The topological polar surface area (TPSA) is 54.1 Å². The number of amides is 1. The Morgan fingerprint density at radius 2 is 2.00 bits per heavy atom. The number of hydrogen-bond acceptors (Lipinski definition) is 2. The van der Waals surface area contributed by atoms with Crippen LogP contribution in [-0.4, -0.2) is 24.0 Å². The van der Waals surface area contributed by atoms with Crippen LogP contribution < -0.4 is 10.1 Å². The van der Waals surface area contributed by atoms with Gasteiger partial charge in [0.25, 0.3) is 0 Å². The van der Waals surface area contributed by atoms with Crippen LogP contribution >= 0.6 is 0 Å². The zero-order chi connectivity index (χ0) is 17.1. The third-order valence-electron chi connectivity index (χ3n) is 4.79. The maximum Gasteiger partial charge on any atom is 0.224 e. The molecule has 25 heavy (non-hydrogen) atoms. The molecule has 4 nitrogen and oxygen atoms in total. The third-order valence-corrected chi connectivity index (χ3v) is 4.79. The SMILES string of the molecule is O=C(Cc1c[nH]c2ccccc12)NCCOc1ccc2c(c1)CCC2. The average Bonchev–Trinajstić information content (AvgIpc) is 3.25. The van der Waals surface area contributed by atoms with Gasteiger partial charge in [-0.05, 0) is 54.2 Å². The lowest BCUT2D eigenvalue weighted by Gasteiger charge is -2.09. The highest BCUT2D eigenvalue weighted by molar-refractivity contribution is 5.88. The summed E-state index contributed by atoms with van der Waals surface area (Å²) in [5.41, 5.74) is 4.93. The van der Waals surface area contributed by atoms with Crippen molar-refractivity contribution in [2.24, 2.45) is 0 Å². The average molecular weight is 334 g/mol. The summed E-state index contributed by atoms with van der Waals surface area (Å²) >= 11 is 0. The second kappa shape index (κ2) is 7.01. The predicted molar refractivity (Wildman–Crippen MR) is 99.0 cm³/mol. The quantitative estimate of drug-likeness (QED) is 0.679. The fourth-order valence-corrected chi connectivity index (χ4v) is 3.51. The molecule has 1 amide bonds. The molecule has 4 heteroatoms. The van der Waals surface area contributed by atoms with Gasteiger partial charge in [0.1, 0.15) is 12.4 Å². The van der Waals surface area contributed by atoms with Gasteiger partial charge in [-0.15, -0.1) is 0 Å². The fourth-order valence-electron chi connectivity index (χ4n) is 3.51. The molecule has 0 radical (unpaired) electrons. The van der Waals surface area contributed by atoms with Gasteiger partial charge in [0.15, 0.2) is 0 Å². The van der Waals surface area contributed by atoms with E-state index in [9.17, 15) is 4.79 Å². The summed E-state index contributed by atoms with van der Waals surface area (Å²) in [5.74, 6) is 0.911. The summed E-state index contributed by atoms with van der Waals surface area (Å²) in [6, 6.07) is 14.3. The maximum atomic E-state index is 12.1. The van der Waals surface area contributed by atoms with Crippen LogP contribution in [-0.2, 0) is 24.1 Å². The van der Waals surface area contributed by atoms with Gasteiger partial charge in [-0.25, -0.2) is 0 Å². The normalized spacial score (nSPS) is 13.0. The molecule has 0 bridgehead atoms. The Balaban J connectivity index is 1.25. The number of hydrogen-bond donors (Lipinski definition) is 2. The van der Waals surface area contributed by atoms with Crippen LogP contribution in [0.3, 0.4) is 0 Å². The smallest absolute Gasteiger partial charge is 0.224 e. The molecule has 2 aromatic carbocycles. The molecule has 0 atom stereocenters. The first-order valence-electron chi connectivity index (χ1n) is 8.86. The number of carbonyl (C=O) groups is 1. The molecule has 128 valence electrons. The lowest BCUT2D eigenvalue weighted by Crippen LogP contribution is -2.29. The first kappa shape index (κ1) is 15.8. The minimum absolute atomic E-state index is 0.0160. The molecule has 0 unspecified atom stereocenters. The Morgan fingerprint density at radius 3 is 2.96 bits per heavy atom. The lowest BCUT2D eigenvalue weighted by molar-refractivity contribution is -0.120. The number of aromatic nitrogens is 1. The summed E-state index contributed by atoms with van der Waals surface area (Å²) in [6.45, 7) is 0.997. The van der Waals surface area contributed by atoms with E-state index < -0.39 is 0 Å². The van der Waals surface area contributed by atoms with Crippen molar-refractivity contribution in [1.29, 1.82) is 0 Å². The Bertz CT molecular complexity index is 898. The van der Waals surface area contributed by atoms with Crippen molar-refractivity contribution < 1.29 is 9.53 Å². The zero-order valence-corrected chi connectivity index (χ0v) is 14.2. The van der Waals surface area contributed by atoms with Crippen LogP contribution in [0, 0.1) is 0 Å². The van der Waals surface area contributed by atoms with E-state index in [1.54, 1.807) is 0 Å². The van der Waals surface area contributed by atoms with E-state index in [2.05, 4.69) is 22.4 Å². The molecule has 1 aliphatic carbocycles. The van der Waals surface area contributed by atoms with E-state index in [1.807, 2.05) is 36.5 Å². The lowest BCUT2D eigenvalue weighted by atomic mass is 10.1. The van der Waals surface area contributed by atoms with Crippen LogP contribution in [0.1, 0.15) is 23.1 Å². The first-order chi connectivity index (χ1) is 12.3. The Kier molecular flexibility index (Phi) is 4.42. The molecular formula is C21H22N2O2. The Morgan fingerprint density at radius 1 is 1.12 bits per heavy atom. The number of para-hydroxylation sites is 1. The molecule has 1 heterocycles. The van der Waals surface area contributed by atoms with E-state index in [4.69, 9.17) is 4.74 Å². The maximum absolute atomic E-state index is 12.1. The molecule has 1 aromatic heterocycles. The molecule has 0 aliphatic heterocycles. The molecule has 1 aliphatic rings. The highest BCUT2D eigenvalue weighted by atomic mass is 16.5. The van der Waals surface area contributed by atoms with Crippen LogP contribution in [0.2, 0.25) is 0 Å². The number of H-pyrrole nitrogens is 1. The minimum Gasteiger partial charge on any atom is -0.492 e. The Hall–Kier alpha value is -2.75. The standard InChI is InChI=1S/C21H22N2O2/c24-21(13-17-14-23-20-7-2-1-6-19(17)20)22-10-11-25-18-9-8-15-4-3-5-16(15)12-18/h1-2,6-9,12,14,23H,3-5,10-11,13H2,(H,22,24). The van der Waals surface area contributed by atoms with Gasteiger partial charge in [0.05, 0.1) is 13.0 Å². The summed E-state index contributed by atoms with van der Waals surface area (Å²) in [5, 5.41) is 4.03. The van der Waals surface area contributed by atoms with Crippen molar-refractivity contribution in [3.05, 3.63) is 65.4 Å². The van der Waals surface area contributed by atoms with Crippen LogP contribution in [0.5, 0.6) is 5.75 Å². The molecule has 2 N–H and O–H groups in total. The third kappa shape index (κ3) is 3.53. The van der Waals surface area contributed by atoms with Crippen molar-refractivity contribution in [3.63, 3.8) is 0 Å². The van der Waals surface area contributed by atoms with Crippen molar-refractivity contribution >= 4 is 16.8 Å². The van der Waals surface area contributed by atoms with Gasteiger partial charge in [-0.1, -0.05) is 24.3 Å². The van der Waals surface area contributed by atoms with Gasteiger partial charge in [0, 0.05) is 17.1 Å². The van der Waals surface area contributed by atoms with Crippen LogP contribution in [0.25, 0.3) is 10.9 Å². The molecular weight excluding hydrogens is 312 g/mol. The van der Waals surface area contributed by atoms with E-state index in [1.165, 1.54) is 24.0 Å². The van der Waals surface area contributed by atoms with Crippen LogP contribution in [0.15, 0.2) is 48.7 Å². The van der Waals surface area contributed by atoms with E-state index in [-0.39, 0.29) is 5.91 Å². The monoisotopic (exact) mass is 334 g/mol. The molecule has 0 saturated heterocycles. The van der Waals surface area contributed by atoms with E-state index in [0.29, 0.717) is 19.6 Å². The number of aryl methyl sites for hydroxylation is 2. The number of ether oxygens (including phenoxy) is 1. The zero-order valence-electron chi connectivity index (χ0n) is 14.2. The van der Waals surface area contributed by atoms with Gasteiger partial charge < -0.3 is 15.0 Å². The molecule has 0 saturated carbocycles. The summed E-state index contributed by atoms with van der Waals surface area (Å²) in [7, 11) is 0. The summed E-state index contributed by atoms with van der Waals surface area (Å²) in [4.78, 5) is 15.3. The van der Waals surface area contributed by atoms with E-state index >= 15 is 0 Å². The number of aromatic amines is 1. The van der Waals surface area contributed by atoms with Crippen molar-refractivity contribution in [3.8, 4) is 5.75 Å². The molecule has 3 aromatic rings. The molecule has 4 rings (SSSR count). The predicted octanol–water partition coefficient (Wildman–Crippen LogP) is 3.39. The second-order valence-corrected chi connectivity index (χ2v) is 6.52. The fraction of sp³-hybridized carbons (Fsp3) is 0.286. The van der Waals surface area contributed by atoms with Gasteiger partial charge in [-0.2, -0.15) is 0 Å². The van der Waals surface area contributed by atoms with E-state index in [0.717, 1.165) is 28.6 Å².